The number of hydrogen-bond donors (Lipinski definition) is 0. The molecule has 0 aliphatic heterocycles. The molecule has 0 aromatic carbocycles. The molecule has 0 amide bonds. The molecule has 0 spiro atoms. The molecule has 0 saturated carbocycles. The lowest BCUT2D eigenvalue weighted by Gasteiger charge is -2.04. The second-order valence-electron chi connectivity index (χ2n) is 2.94. The fraction of sp³-hybridized carbons (Fsp3) is 0.500. The Hall–Kier alpha value is -1.36. The third-order valence-electron chi connectivity index (χ3n) is 1.70. The third kappa shape index (κ3) is 4.93. The number of hydrogen-bond acceptors (Lipinski definition) is 5. The lowest BCUT2D eigenvalue weighted by molar-refractivity contribution is -0.143. The summed E-state index contributed by atoms with van der Waals surface area (Å²) in [4.78, 5) is 18.5. The molecule has 0 atom stereocenters. The Kier molecular flexibility index (Phi) is 5.56. The maximum Gasteiger partial charge on any atom is 0.305 e. The fourth-order valence-corrected chi connectivity index (χ4v) is 1.11. The summed E-state index contributed by atoms with van der Waals surface area (Å²) in [7, 11) is 0. The van der Waals surface area contributed by atoms with E-state index in [4.69, 9.17) is 21.1 Å². The summed E-state index contributed by atoms with van der Waals surface area (Å²) in [5.41, 5.74) is 0. The molecule has 5 nitrogen and oxygen atoms in total. The molecule has 0 saturated heterocycles. The van der Waals surface area contributed by atoms with Crippen LogP contribution in [-0.2, 0) is 9.53 Å². The molecule has 1 aromatic rings. The molecule has 0 bridgehead atoms. The van der Waals surface area contributed by atoms with E-state index in [1.165, 1.54) is 12.4 Å². The Bertz CT molecular complexity index is 329. The van der Waals surface area contributed by atoms with Gasteiger partial charge in [-0.3, -0.25) is 4.79 Å². The van der Waals surface area contributed by atoms with E-state index in [-0.39, 0.29) is 11.3 Å². The van der Waals surface area contributed by atoms with Crippen LogP contribution in [0.5, 0.6) is 5.75 Å². The van der Waals surface area contributed by atoms with Gasteiger partial charge in [-0.15, -0.1) is 0 Å². The molecule has 6 heteroatoms. The van der Waals surface area contributed by atoms with Crippen LogP contribution in [0, 0.1) is 0 Å². The number of esters is 1. The first kappa shape index (κ1) is 12.7. The van der Waals surface area contributed by atoms with Gasteiger partial charge in [-0.05, 0) is 24.9 Å². The van der Waals surface area contributed by atoms with E-state index in [9.17, 15) is 4.79 Å². The van der Waals surface area contributed by atoms with Crippen molar-refractivity contribution in [3.8, 4) is 5.75 Å². The number of halogens is 1. The summed E-state index contributed by atoms with van der Waals surface area (Å²) >= 11 is 5.51. The van der Waals surface area contributed by atoms with Crippen LogP contribution in [-0.4, -0.2) is 29.2 Å². The van der Waals surface area contributed by atoms with Crippen molar-refractivity contribution < 1.29 is 14.3 Å². The third-order valence-corrected chi connectivity index (χ3v) is 1.89. The van der Waals surface area contributed by atoms with Gasteiger partial charge in [0.2, 0.25) is 5.28 Å². The standard InChI is InChI=1S/C10H13ClN2O3/c1-2-15-9(14)4-3-5-16-8-6-12-10(11)13-7-8/h6-7H,2-5H2,1H3. The van der Waals surface area contributed by atoms with Crippen molar-refractivity contribution in [3.05, 3.63) is 17.7 Å². The van der Waals surface area contributed by atoms with E-state index in [1.807, 2.05) is 0 Å². The van der Waals surface area contributed by atoms with Gasteiger partial charge in [0.1, 0.15) is 0 Å². The van der Waals surface area contributed by atoms with Crippen LogP contribution in [0.2, 0.25) is 5.28 Å². The van der Waals surface area contributed by atoms with Crippen LogP contribution in [0.3, 0.4) is 0 Å². The molecule has 0 N–H and O–H groups in total. The summed E-state index contributed by atoms with van der Waals surface area (Å²) in [6.07, 6.45) is 3.92. The van der Waals surface area contributed by atoms with Crippen LogP contribution in [0.1, 0.15) is 19.8 Å². The van der Waals surface area contributed by atoms with Gasteiger partial charge in [-0.1, -0.05) is 0 Å². The van der Waals surface area contributed by atoms with E-state index >= 15 is 0 Å². The smallest absolute Gasteiger partial charge is 0.305 e. The highest BCUT2D eigenvalue weighted by atomic mass is 35.5. The van der Waals surface area contributed by atoms with Crippen LogP contribution < -0.4 is 4.74 Å². The monoisotopic (exact) mass is 244 g/mol. The van der Waals surface area contributed by atoms with Crippen molar-refractivity contribution in [1.82, 2.24) is 9.97 Å². The highest BCUT2D eigenvalue weighted by Gasteiger charge is 2.01. The minimum Gasteiger partial charge on any atom is -0.490 e. The zero-order valence-corrected chi connectivity index (χ0v) is 9.74. The Morgan fingerprint density at radius 2 is 2.12 bits per heavy atom. The van der Waals surface area contributed by atoms with Gasteiger partial charge in [-0.25, -0.2) is 9.97 Å². The average molecular weight is 245 g/mol. The van der Waals surface area contributed by atoms with Gasteiger partial charge >= 0.3 is 5.97 Å². The van der Waals surface area contributed by atoms with Gasteiger partial charge in [-0.2, -0.15) is 0 Å². The Labute approximate surface area is 98.8 Å². The zero-order valence-electron chi connectivity index (χ0n) is 8.98. The second-order valence-corrected chi connectivity index (χ2v) is 3.28. The Morgan fingerprint density at radius 1 is 1.44 bits per heavy atom. The van der Waals surface area contributed by atoms with Crippen LogP contribution in [0.15, 0.2) is 12.4 Å². The second kappa shape index (κ2) is 7.00. The van der Waals surface area contributed by atoms with Crippen molar-refractivity contribution >= 4 is 17.6 Å². The number of ether oxygens (including phenoxy) is 2. The molecule has 1 aromatic heterocycles. The molecule has 0 unspecified atom stereocenters. The van der Waals surface area contributed by atoms with Crippen LogP contribution in [0.25, 0.3) is 0 Å². The summed E-state index contributed by atoms with van der Waals surface area (Å²) < 4.78 is 10.1. The van der Waals surface area contributed by atoms with Gasteiger partial charge in [0.05, 0.1) is 25.6 Å². The number of aromatic nitrogens is 2. The Morgan fingerprint density at radius 3 is 2.75 bits per heavy atom. The van der Waals surface area contributed by atoms with Crippen molar-refractivity contribution in [3.63, 3.8) is 0 Å². The highest BCUT2D eigenvalue weighted by Crippen LogP contribution is 2.09. The SMILES string of the molecule is CCOC(=O)CCCOc1cnc(Cl)nc1. The van der Waals surface area contributed by atoms with Crippen LogP contribution in [0.4, 0.5) is 0 Å². The molecule has 0 radical (unpaired) electrons. The lowest BCUT2D eigenvalue weighted by atomic mass is 10.3. The van der Waals surface area contributed by atoms with Crippen LogP contribution >= 0.6 is 11.6 Å². The van der Waals surface area contributed by atoms with Gasteiger partial charge in [0.15, 0.2) is 5.75 Å². The van der Waals surface area contributed by atoms with E-state index in [0.717, 1.165) is 0 Å². The first-order valence-corrected chi connectivity index (χ1v) is 5.36. The predicted octanol–water partition coefficient (Wildman–Crippen LogP) is 1.85. The van der Waals surface area contributed by atoms with Gasteiger partial charge in [0.25, 0.3) is 0 Å². The fourth-order valence-electron chi connectivity index (χ4n) is 1.01. The van der Waals surface area contributed by atoms with E-state index in [1.54, 1.807) is 6.92 Å². The van der Waals surface area contributed by atoms with Gasteiger partial charge in [0, 0.05) is 6.42 Å². The normalized spacial score (nSPS) is 9.88. The van der Waals surface area contributed by atoms with E-state index in [2.05, 4.69) is 9.97 Å². The highest BCUT2D eigenvalue weighted by molar-refractivity contribution is 6.28. The molecule has 0 aliphatic carbocycles. The summed E-state index contributed by atoms with van der Waals surface area (Å²) in [6, 6.07) is 0. The zero-order chi connectivity index (χ0) is 11.8. The number of carbonyl (C=O) groups excluding carboxylic acids is 1. The van der Waals surface area contributed by atoms with Crippen molar-refractivity contribution in [2.75, 3.05) is 13.2 Å². The molecule has 0 aliphatic rings. The predicted molar refractivity (Wildman–Crippen MR) is 58.4 cm³/mol. The summed E-state index contributed by atoms with van der Waals surface area (Å²) in [6.45, 7) is 2.61. The molecule has 0 fully saturated rings. The maximum absolute atomic E-state index is 11.0. The quantitative estimate of drug-likeness (QED) is 0.434. The number of nitrogens with zero attached hydrogens (tertiary/aromatic N) is 2. The summed E-state index contributed by atoms with van der Waals surface area (Å²) in [5.74, 6) is 0.326. The van der Waals surface area contributed by atoms with E-state index < -0.39 is 0 Å². The first-order chi connectivity index (χ1) is 7.72. The van der Waals surface area contributed by atoms with E-state index in [0.29, 0.717) is 31.8 Å². The molecular weight excluding hydrogens is 232 g/mol. The maximum atomic E-state index is 11.0. The largest absolute Gasteiger partial charge is 0.490 e. The minimum absolute atomic E-state index is 0.180. The van der Waals surface area contributed by atoms with Gasteiger partial charge < -0.3 is 9.47 Å². The molecule has 88 valence electrons. The average Bonchev–Trinajstić information content (AvgIpc) is 2.27. The van der Waals surface area contributed by atoms with Crippen molar-refractivity contribution in [2.24, 2.45) is 0 Å². The minimum atomic E-state index is -0.210. The first-order valence-electron chi connectivity index (χ1n) is 4.98. The molecular formula is C10H13ClN2O3. The molecule has 16 heavy (non-hydrogen) atoms. The topological polar surface area (TPSA) is 61.3 Å². The Balaban J connectivity index is 2.16. The van der Waals surface area contributed by atoms with Crippen molar-refractivity contribution in [1.29, 1.82) is 0 Å². The number of rotatable bonds is 6. The lowest BCUT2D eigenvalue weighted by Crippen LogP contribution is -2.06. The summed E-state index contributed by atoms with van der Waals surface area (Å²) in [5, 5.41) is 0.180. The molecule has 1 rings (SSSR count). The molecule has 1 heterocycles. The van der Waals surface area contributed by atoms with Crippen molar-refractivity contribution in [2.45, 2.75) is 19.8 Å². The number of carbonyl (C=O) groups is 1.